The van der Waals surface area contributed by atoms with E-state index in [-0.39, 0.29) is 11.1 Å². The Morgan fingerprint density at radius 3 is 1.00 bits per heavy atom. The lowest BCUT2D eigenvalue weighted by molar-refractivity contribution is 0.103. The Labute approximate surface area is 135 Å². The lowest BCUT2D eigenvalue weighted by Crippen LogP contribution is -2.55. The highest BCUT2D eigenvalue weighted by atomic mass is 15.0. The molecule has 128 valence electrons. The molecule has 1 heteroatoms. The first-order valence-electron chi connectivity index (χ1n) is 8.80. The molecule has 0 rings (SSSR count). The van der Waals surface area contributed by atoms with Gasteiger partial charge in [0, 0.05) is 11.1 Å². The van der Waals surface area contributed by atoms with Gasteiger partial charge in [0.05, 0.1) is 0 Å². The molecule has 0 bridgehead atoms. The average Bonchev–Trinajstić information content (AvgIpc) is 2.10. The van der Waals surface area contributed by atoms with Gasteiger partial charge in [-0.25, -0.2) is 0 Å². The second-order valence-corrected chi connectivity index (χ2v) is 10.5. The van der Waals surface area contributed by atoms with Crippen LogP contribution in [0.2, 0.25) is 0 Å². The predicted molar refractivity (Wildman–Crippen MR) is 97.8 cm³/mol. The normalized spacial score (nSPS) is 15.1. The first kappa shape index (κ1) is 21.0. The molecule has 0 aromatic carbocycles. The Morgan fingerprint density at radius 2 is 0.810 bits per heavy atom. The fourth-order valence-electron chi connectivity index (χ4n) is 3.69. The molecule has 0 unspecified atom stereocenters. The topological polar surface area (TPSA) is 12.0 Å². The van der Waals surface area contributed by atoms with Gasteiger partial charge in [0.1, 0.15) is 0 Å². The Hall–Kier alpha value is -0.0400. The summed E-state index contributed by atoms with van der Waals surface area (Å²) in [5.41, 5.74) is 1.04. The van der Waals surface area contributed by atoms with E-state index in [9.17, 15) is 0 Å². The van der Waals surface area contributed by atoms with Crippen LogP contribution in [0.3, 0.4) is 0 Å². The standard InChI is InChI=1S/C20H43N/c1-15(2)17(5,6)13-19(9,10)21-20(11,12)14-18(7,8)16(3)4/h15-16,21H,13-14H2,1-12H3. The van der Waals surface area contributed by atoms with Crippen molar-refractivity contribution < 1.29 is 0 Å². The monoisotopic (exact) mass is 297 g/mol. The van der Waals surface area contributed by atoms with E-state index in [1.54, 1.807) is 0 Å². The van der Waals surface area contributed by atoms with Crippen LogP contribution in [0, 0.1) is 22.7 Å². The van der Waals surface area contributed by atoms with E-state index in [1.807, 2.05) is 0 Å². The maximum Gasteiger partial charge on any atom is 0.0135 e. The summed E-state index contributed by atoms with van der Waals surface area (Å²) in [5.74, 6) is 1.41. The zero-order chi connectivity index (χ0) is 17.3. The summed E-state index contributed by atoms with van der Waals surface area (Å²) in [5, 5.41) is 3.95. The third-order valence-electron chi connectivity index (χ3n) is 5.60. The molecule has 1 N–H and O–H groups in total. The largest absolute Gasteiger partial charge is 0.307 e. The highest BCUT2D eigenvalue weighted by Gasteiger charge is 2.37. The Morgan fingerprint density at radius 1 is 0.571 bits per heavy atom. The molecule has 0 aromatic heterocycles. The molecule has 0 aliphatic heterocycles. The maximum absolute atomic E-state index is 3.95. The Bertz CT molecular complexity index is 287. The summed E-state index contributed by atoms with van der Waals surface area (Å²) < 4.78 is 0. The van der Waals surface area contributed by atoms with E-state index in [1.165, 1.54) is 12.8 Å². The van der Waals surface area contributed by atoms with E-state index in [0.717, 1.165) is 0 Å². The third kappa shape index (κ3) is 7.17. The van der Waals surface area contributed by atoms with Crippen molar-refractivity contribution >= 4 is 0 Å². The highest BCUT2D eigenvalue weighted by Crippen LogP contribution is 2.39. The average molecular weight is 298 g/mol. The number of nitrogens with one attached hydrogen (secondary N) is 1. The van der Waals surface area contributed by atoms with Crippen LogP contribution >= 0.6 is 0 Å². The molecule has 0 aliphatic rings. The second kappa shape index (κ2) is 6.60. The highest BCUT2D eigenvalue weighted by molar-refractivity contribution is 4.95. The van der Waals surface area contributed by atoms with Crippen LogP contribution in [0.25, 0.3) is 0 Å². The van der Waals surface area contributed by atoms with Gasteiger partial charge >= 0.3 is 0 Å². The third-order valence-corrected chi connectivity index (χ3v) is 5.60. The van der Waals surface area contributed by atoms with E-state index < -0.39 is 0 Å². The van der Waals surface area contributed by atoms with E-state index in [4.69, 9.17) is 0 Å². The van der Waals surface area contributed by atoms with Crippen molar-refractivity contribution in [3.8, 4) is 0 Å². The summed E-state index contributed by atoms with van der Waals surface area (Å²) in [4.78, 5) is 0. The van der Waals surface area contributed by atoms with Gasteiger partial charge in [-0.05, 0) is 63.2 Å². The minimum atomic E-state index is 0.157. The molecule has 21 heavy (non-hydrogen) atoms. The molecular formula is C20H43N. The molecule has 0 radical (unpaired) electrons. The zero-order valence-electron chi connectivity index (χ0n) is 17.1. The molecule has 0 aliphatic carbocycles. The first-order valence-corrected chi connectivity index (χ1v) is 8.80. The van der Waals surface area contributed by atoms with Crippen molar-refractivity contribution in [2.24, 2.45) is 22.7 Å². The zero-order valence-corrected chi connectivity index (χ0v) is 17.1. The molecule has 0 atom stereocenters. The van der Waals surface area contributed by atoms with E-state index >= 15 is 0 Å². The SMILES string of the molecule is CC(C)C(C)(C)CC(C)(C)NC(C)(C)CC(C)(C)C(C)C. The molecule has 0 fully saturated rings. The molecule has 0 saturated heterocycles. The predicted octanol–water partition coefficient (Wildman–Crippen LogP) is 6.28. The number of hydrogen-bond acceptors (Lipinski definition) is 1. The van der Waals surface area contributed by atoms with Crippen LogP contribution in [-0.2, 0) is 0 Å². The van der Waals surface area contributed by atoms with Crippen LogP contribution in [-0.4, -0.2) is 11.1 Å². The maximum atomic E-state index is 3.95. The summed E-state index contributed by atoms with van der Waals surface area (Å²) >= 11 is 0. The molecule has 0 amide bonds. The van der Waals surface area contributed by atoms with Crippen LogP contribution in [0.4, 0.5) is 0 Å². The number of rotatable bonds is 8. The van der Waals surface area contributed by atoms with Gasteiger partial charge in [-0.1, -0.05) is 55.4 Å². The van der Waals surface area contributed by atoms with Gasteiger partial charge in [-0.3, -0.25) is 0 Å². The van der Waals surface area contributed by atoms with Gasteiger partial charge in [0.15, 0.2) is 0 Å². The minimum absolute atomic E-state index is 0.157. The lowest BCUT2D eigenvalue weighted by Gasteiger charge is -2.46. The molecule has 0 spiro atoms. The number of hydrogen-bond donors (Lipinski definition) is 1. The molecule has 1 nitrogen and oxygen atoms in total. The van der Waals surface area contributed by atoms with Crippen molar-refractivity contribution in [1.82, 2.24) is 5.32 Å². The van der Waals surface area contributed by atoms with Crippen molar-refractivity contribution in [3.05, 3.63) is 0 Å². The van der Waals surface area contributed by atoms with Crippen molar-refractivity contribution in [2.75, 3.05) is 0 Å². The van der Waals surface area contributed by atoms with Crippen LogP contribution in [0.15, 0.2) is 0 Å². The fraction of sp³-hybridized carbons (Fsp3) is 1.00. The van der Waals surface area contributed by atoms with Gasteiger partial charge in [0.25, 0.3) is 0 Å². The van der Waals surface area contributed by atoms with Gasteiger partial charge in [-0.15, -0.1) is 0 Å². The lowest BCUT2D eigenvalue weighted by atomic mass is 9.70. The molecular weight excluding hydrogens is 254 g/mol. The fourth-order valence-corrected chi connectivity index (χ4v) is 3.69. The minimum Gasteiger partial charge on any atom is -0.307 e. The van der Waals surface area contributed by atoms with E-state index in [2.05, 4.69) is 88.4 Å². The van der Waals surface area contributed by atoms with Crippen molar-refractivity contribution in [3.63, 3.8) is 0 Å². The molecule has 0 saturated carbocycles. The Balaban J connectivity index is 4.92. The van der Waals surface area contributed by atoms with Crippen LogP contribution < -0.4 is 5.32 Å². The molecule has 0 heterocycles. The quantitative estimate of drug-likeness (QED) is 0.556. The van der Waals surface area contributed by atoms with Crippen molar-refractivity contribution in [1.29, 1.82) is 0 Å². The van der Waals surface area contributed by atoms with Gasteiger partial charge in [-0.2, -0.15) is 0 Å². The first-order chi connectivity index (χ1) is 9.01. The summed E-state index contributed by atoms with van der Waals surface area (Å²) in [7, 11) is 0. The van der Waals surface area contributed by atoms with Crippen LogP contribution in [0.5, 0.6) is 0 Å². The van der Waals surface area contributed by atoms with Crippen LogP contribution in [0.1, 0.15) is 95.9 Å². The van der Waals surface area contributed by atoms with Gasteiger partial charge < -0.3 is 5.32 Å². The Kier molecular flexibility index (Phi) is 6.59. The summed E-state index contributed by atoms with van der Waals surface area (Å²) in [6.45, 7) is 28.4. The molecule has 0 aromatic rings. The smallest absolute Gasteiger partial charge is 0.0135 e. The van der Waals surface area contributed by atoms with E-state index in [0.29, 0.717) is 22.7 Å². The summed E-state index contributed by atoms with van der Waals surface area (Å²) in [6.07, 6.45) is 2.40. The summed E-state index contributed by atoms with van der Waals surface area (Å²) in [6, 6.07) is 0. The van der Waals surface area contributed by atoms with Gasteiger partial charge in [0.2, 0.25) is 0 Å². The second-order valence-electron chi connectivity index (χ2n) is 10.5. The van der Waals surface area contributed by atoms with Crippen molar-refractivity contribution in [2.45, 2.75) is 107 Å².